The van der Waals surface area contributed by atoms with Crippen LogP contribution in [0.4, 0.5) is 0 Å². The first-order chi connectivity index (χ1) is 9.15. The Labute approximate surface area is 115 Å². The molecule has 0 aliphatic heterocycles. The highest BCUT2D eigenvalue weighted by atomic mass is 16.1. The van der Waals surface area contributed by atoms with Crippen molar-refractivity contribution in [3.63, 3.8) is 0 Å². The smallest absolute Gasteiger partial charge is 0.235 e. The molecule has 1 rings (SSSR count). The van der Waals surface area contributed by atoms with E-state index >= 15 is 0 Å². The molecule has 1 aromatic rings. The summed E-state index contributed by atoms with van der Waals surface area (Å²) in [5.74, 6) is 5.39. The van der Waals surface area contributed by atoms with Gasteiger partial charge in [-0.2, -0.15) is 0 Å². The van der Waals surface area contributed by atoms with Gasteiger partial charge in [-0.15, -0.1) is 0 Å². The summed E-state index contributed by atoms with van der Waals surface area (Å²) in [6, 6.07) is 6.65. The largest absolute Gasteiger partial charge is 0.295 e. The second-order valence-corrected chi connectivity index (χ2v) is 4.58. The Kier molecular flexibility index (Phi) is 6.60. The van der Waals surface area contributed by atoms with E-state index in [1.807, 2.05) is 0 Å². The predicted octanol–water partition coefficient (Wildman–Crippen LogP) is 4.05. The van der Waals surface area contributed by atoms with Crippen LogP contribution in [-0.2, 0) is 0 Å². The van der Waals surface area contributed by atoms with Gasteiger partial charge >= 0.3 is 0 Å². The number of hydrogen-bond donors (Lipinski definition) is 0. The molecule has 0 aromatic heterocycles. The zero-order valence-electron chi connectivity index (χ0n) is 11.7. The van der Waals surface area contributed by atoms with E-state index < -0.39 is 0 Å². The van der Waals surface area contributed by atoms with Crippen molar-refractivity contribution in [1.82, 2.24) is 0 Å². The van der Waals surface area contributed by atoms with Gasteiger partial charge in [0, 0.05) is 17.5 Å². The second kappa shape index (κ2) is 8.26. The molecule has 0 aliphatic rings. The summed E-state index contributed by atoms with van der Waals surface area (Å²) >= 11 is 0. The predicted molar refractivity (Wildman–Crippen MR) is 77.3 cm³/mol. The van der Waals surface area contributed by atoms with Crippen LogP contribution in [0.3, 0.4) is 0 Å². The third-order valence-electron chi connectivity index (χ3n) is 2.91. The van der Waals surface area contributed by atoms with E-state index in [1.54, 1.807) is 24.3 Å². The molecule has 0 N–H and O–H groups in total. The maximum Gasteiger partial charge on any atom is 0.235 e. The summed E-state index contributed by atoms with van der Waals surface area (Å²) in [5.41, 5.74) is 1.16. The van der Waals surface area contributed by atoms with Crippen LogP contribution in [0.1, 0.15) is 66.7 Å². The fraction of sp³-hybridized carbons (Fsp3) is 0.412. The monoisotopic (exact) mass is 256 g/mol. The van der Waals surface area contributed by atoms with Gasteiger partial charge in [0.05, 0.1) is 0 Å². The van der Waals surface area contributed by atoms with Gasteiger partial charge in [-0.05, 0) is 31.4 Å². The lowest BCUT2D eigenvalue weighted by Gasteiger charge is -1.96. The van der Waals surface area contributed by atoms with Crippen LogP contribution in [0.2, 0.25) is 0 Å². The summed E-state index contributed by atoms with van der Waals surface area (Å²) in [4.78, 5) is 22.9. The van der Waals surface area contributed by atoms with Crippen molar-refractivity contribution < 1.29 is 9.59 Å². The van der Waals surface area contributed by atoms with Gasteiger partial charge in [0.15, 0.2) is 5.78 Å². The minimum Gasteiger partial charge on any atom is -0.295 e. The Morgan fingerprint density at radius 2 is 1.63 bits per heavy atom. The maximum atomic E-state index is 11.8. The lowest BCUT2D eigenvalue weighted by molar-refractivity contribution is 0.101. The fourth-order valence-corrected chi connectivity index (χ4v) is 1.71. The molecule has 2 nitrogen and oxygen atoms in total. The van der Waals surface area contributed by atoms with Gasteiger partial charge in [0.2, 0.25) is 5.78 Å². The molecule has 0 aliphatic carbocycles. The summed E-state index contributed by atoms with van der Waals surface area (Å²) < 4.78 is 0. The van der Waals surface area contributed by atoms with Crippen molar-refractivity contribution in [1.29, 1.82) is 0 Å². The van der Waals surface area contributed by atoms with Crippen molar-refractivity contribution >= 4 is 11.6 Å². The van der Waals surface area contributed by atoms with Crippen LogP contribution in [0, 0.1) is 11.8 Å². The highest BCUT2D eigenvalue weighted by molar-refractivity contribution is 6.09. The highest BCUT2D eigenvalue weighted by Gasteiger charge is 2.03. The third-order valence-corrected chi connectivity index (χ3v) is 2.91. The molecule has 0 saturated carbocycles. The minimum absolute atomic E-state index is 0.000933. The minimum atomic E-state index is -0.175. The number of rotatable bonds is 6. The summed E-state index contributed by atoms with van der Waals surface area (Å²) in [7, 11) is 0. The van der Waals surface area contributed by atoms with Crippen molar-refractivity contribution in [2.24, 2.45) is 0 Å². The molecule has 0 saturated heterocycles. The molecule has 0 bridgehead atoms. The first kappa shape index (κ1) is 15.2. The maximum absolute atomic E-state index is 11.8. The van der Waals surface area contributed by atoms with E-state index in [4.69, 9.17) is 0 Å². The molecule has 0 unspecified atom stereocenters. The standard InChI is InChI=1S/C17H20O2/c1-3-4-5-6-7-8-9-17(19)16-12-10-15(11-13-16)14(2)18/h10-13H,3-7H2,1-2H3. The van der Waals surface area contributed by atoms with Gasteiger partial charge in [-0.25, -0.2) is 0 Å². The molecule has 0 heterocycles. The van der Waals surface area contributed by atoms with Crippen molar-refractivity contribution in [2.75, 3.05) is 0 Å². The Hall–Kier alpha value is -1.88. The topological polar surface area (TPSA) is 34.1 Å². The van der Waals surface area contributed by atoms with Crippen LogP contribution < -0.4 is 0 Å². The Balaban J connectivity index is 2.49. The van der Waals surface area contributed by atoms with E-state index in [-0.39, 0.29) is 11.6 Å². The van der Waals surface area contributed by atoms with Gasteiger partial charge < -0.3 is 0 Å². The number of carbonyl (C=O) groups is 2. The summed E-state index contributed by atoms with van der Waals surface area (Å²) in [6.45, 7) is 3.67. The molecule has 0 radical (unpaired) electrons. The van der Waals surface area contributed by atoms with Crippen molar-refractivity contribution in [2.45, 2.75) is 46.0 Å². The van der Waals surface area contributed by atoms with Crippen molar-refractivity contribution in [3.05, 3.63) is 35.4 Å². The number of hydrogen-bond acceptors (Lipinski definition) is 2. The molecule has 1 aromatic carbocycles. The van der Waals surface area contributed by atoms with Crippen LogP contribution in [0.15, 0.2) is 24.3 Å². The lowest BCUT2D eigenvalue weighted by atomic mass is 10.1. The quantitative estimate of drug-likeness (QED) is 0.333. The Bertz CT molecular complexity index is 486. The summed E-state index contributed by atoms with van der Waals surface area (Å²) in [5, 5.41) is 0. The molecule has 0 spiro atoms. The Morgan fingerprint density at radius 1 is 1.00 bits per heavy atom. The molecule has 0 amide bonds. The lowest BCUT2D eigenvalue weighted by Crippen LogP contribution is -1.97. The molecule has 0 fully saturated rings. The molecular formula is C17H20O2. The van der Waals surface area contributed by atoms with E-state index in [0.717, 1.165) is 12.8 Å². The number of unbranched alkanes of at least 4 members (excludes halogenated alkanes) is 4. The SMILES string of the molecule is CCCCCCC#CC(=O)c1ccc(C(C)=O)cc1. The molecule has 0 atom stereocenters. The molecular weight excluding hydrogens is 236 g/mol. The second-order valence-electron chi connectivity index (χ2n) is 4.58. The van der Waals surface area contributed by atoms with Crippen LogP contribution >= 0.6 is 0 Å². The fourth-order valence-electron chi connectivity index (χ4n) is 1.71. The van der Waals surface area contributed by atoms with Gasteiger partial charge in [-0.1, -0.05) is 44.2 Å². The number of benzene rings is 1. The van der Waals surface area contributed by atoms with E-state index in [9.17, 15) is 9.59 Å². The number of Topliss-reactive ketones (excluding diaryl/α,β-unsaturated/α-hetero) is 2. The van der Waals surface area contributed by atoms with Gasteiger partial charge in [0.25, 0.3) is 0 Å². The van der Waals surface area contributed by atoms with E-state index in [2.05, 4.69) is 18.8 Å². The molecule has 19 heavy (non-hydrogen) atoms. The van der Waals surface area contributed by atoms with Crippen LogP contribution in [-0.4, -0.2) is 11.6 Å². The molecule has 100 valence electrons. The third kappa shape index (κ3) is 5.52. The number of ketones is 2. The van der Waals surface area contributed by atoms with Crippen LogP contribution in [0.25, 0.3) is 0 Å². The van der Waals surface area contributed by atoms with E-state index in [1.165, 1.54) is 26.2 Å². The first-order valence-electron chi connectivity index (χ1n) is 6.79. The molecule has 2 heteroatoms. The average molecular weight is 256 g/mol. The van der Waals surface area contributed by atoms with Crippen molar-refractivity contribution in [3.8, 4) is 11.8 Å². The zero-order valence-corrected chi connectivity index (χ0v) is 11.7. The number of carbonyl (C=O) groups excluding carboxylic acids is 2. The normalized spacial score (nSPS) is 9.58. The zero-order chi connectivity index (χ0) is 14.1. The summed E-state index contributed by atoms with van der Waals surface area (Å²) in [6.07, 6.45) is 5.43. The Morgan fingerprint density at radius 3 is 2.21 bits per heavy atom. The van der Waals surface area contributed by atoms with Crippen LogP contribution in [0.5, 0.6) is 0 Å². The van der Waals surface area contributed by atoms with Gasteiger partial charge in [-0.3, -0.25) is 9.59 Å². The van der Waals surface area contributed by atoms with E-state index in [0.29, 0.717) is 11.1 Å². The first-order valence-corrected chi connectivity index (χ1v) is 6.79. The average Bonchev–Trinajstić information content (AvgIpc) is 2.42. The van der Waals surface area contributed by atoms with Gasteiger partial charge in [0.1, 0.15) is 0 Å². The highest BCUT2D eigenvalue weighted by Crippen LogP contribution is 2.06.